The molecule has 0 fully saturated rings. The number of ether oxygens (including phenoxy) is 1. The summed E-state index contributed by atoms with van der Waals surface area (Å²) in [4.78, 5) is 32.3. The fourth-order valence-corrected chi connectivity index (χ4v) is 4.51. The number of hydrogen-bond acceptors (Lipinski definition) is 7. The Morgan fingerprint density at radius 3 is 2.78 bits per heavy atom. The van der Waals surface area contributed by atoms with Crippen LogP contribution >= 0.6 is 11.3 Å². The standard InChI is InChI=1S/C21H17FN6O3S/c1-11-20(32-19(25-11)17(23)29)31-18-14(22)9-13(10-24-18)28-21(30)27-15(7-8-16(27)26-28)12-5-3-2-4-6-12/h2-6,9-10,15H,7-8H2,1H3,(H2,23,29)/t15-/m0/s1. The molecule has 0 aliphatic carbocycles. The summed E-state index contributed by atoms with van der Waals surface area (Å²) in [6.07, 6.45) is 2.74. The summed E-state index contributed by atoms with van der Waals surface area (Å²) in [6, 6.07) is 10.8. The van der Waals surface area contributed by atoms with Crippen LogP contribution in [-0.4, -0.2) is 30.2 Å². The normalized spacial score (nSPS) is 15.0. The molecule has 9 nitrogen and oxygen atoms in total. The summed E-state index contributed by atoms with van der Waals surface area (Å²) in [5.74, 6) is -1.14. The molecule has 3 aromatic heterocycles. The minimum absolute atomic E-state index is 0.0570. The number of halogens is 1. The number of hydrogen-bond donors (Lipinski definition) is 1. The maximum atomic E-state index is 14.8. The molecule has 0 unspecified atom stereocenters. The highest BCUT2D eigenvalue weighted by Gasteiger charge is 2.29. The predicted molar refractivity (Wildman–Crippen MR) is 114 cm³/mol. The van der Waals surface area contributed by atoms with Crippen molar-refractivity contribution < 1.29 is 13.9 Å². The average molecular weight is 452 g/mol. The minimum atomic E-state index is -0.782. The van der Waals surface area contributed by atoms with Crippen LogP contribution in [0.3, 0.4) is 0 Å². The smallest absolute Gasteiger partial charge is 0.351 e. The Labute approximate surface area is 184 Å². The second kappa shape index (κ2) is 7.68. The van der Waals surface area contributed by atoms with Gasteiger partial charge in [-0.15, -0.1) is 5.10 Å². The zero-order valence-corrected chi connectivity index (χ0v) is 17.7. The molecule has 11 heteroatoms. The van der Waals surface area contributed by atoms with Gasteiger partial charge in [0.2, 0.25) is 5.06 Å². The van der Waals surface area contributed by atoms with Crippen molar-refractivity contribution in [1.82, 2.24) is 24.3 Å². The van der Waals surface area contributed by atoms with Crippen molar-refractivity contribution in [2.24, 2.45) is 5.73 Å². The van der Waals surface area contributed by atoms with Crippen LogP contribution in [0, 0.1) is 12.7 Å². The zero-order chi connectivity index (χ0) is 22.4. The molecule has 2 N–H and O–H groups in total. The third kappa shape index (κ3) is 3.36. The van der Waals surface area contributed by atoms with E-state index in [9.17, 15) is 14.0 Å². The lowest BCUT2D eigenvalue weighted by atomic mass is 10.1. The first-order valence-electron chi connectivity index (χ1n) is 9.78. The molecule has 0 bridgehead atoms. The van der Waals surface area contributed by atoms with Crippen molar-refractivity contribution in [2.75, 3.05) is 0 Å². The SMILES string of the molecule is Cc1nc(C(N)=O)sc1Oc1ncc(-n2nc3n(c2=O)[C@H](c2ccccc2)CC3)cc1F. The summed E-state index contributed by atoms with van der Waals surface area (Å²) in [6.45, 7) is 1.61. The Hall–Kier alpha value is -3.86. The van der Waals surface area contributed by atoms with E-state index in [0.29, 0.717) is 17.9 Å². The molecule has 1 atom stereocenters. The Bertz CT molecular complexity index is 1390. The van der Waals surface area contributed by atoms with Gasteiger partial charge in [-0.3, -0.25) is 9.36 Å². The molecule has 1 aromatic carbocycles. The van der Waals surface area contributed by atoms with Crippen LogP contribution in [0.25, 0.3) is 5.69 Å². The zero-order valence-electron chi connectivity index (χ0n) is 16.9. The van der Waals surface area contributed by atoms with E-state index in [-0.39, 0.29) is 33.4 Å². The van der Waals surface area contributed by atoms with Crippen molar-refractivity contribution in [3.05, 3.63) is 81.0 Å². The van der Waals surface area contributed by atoms with Gasteiger partial charge in [0.1, 0.15) is 5.82 Å². The number of thiazole rings is 1. The van der Waals surface area contributed by atoms with Gasteiger partial charge in [0, 0.05) is 12.5 Å². The van der Waals surface area contributed by atoms with Gasteiger partial charge in [-0.2, -0.15) is 4.68 Å². The monoisotopic (exact) mass is 452 g/mol. The number of fused-ring (bicyclic) bond motifs is 1. The van der Waals surface area contributed by atoms with Crippen LogP contribution in [0.4, 0.5) is 4.39 Å². The topological polar surface area (TPSA) is 118 Å². The number of rotatable bonds is 5. The summed E-state index contributed by atoms with van der Waals surface area (Å²) >= 11 is 0.903. The molecule has 0 spiro atoms. The second-order valence-electron chi connectivity index (χ2n) is 7.28. The Kier molecular flexibility index (Phi) is 4.82. The molecule has 0 radical (unpaired) electrons. The van der Waals surface area contributed by atoms with E-state index in [1.807, 2.05) is 30.3 Å². The highest BCUT2D eigenvalue weighted by atomic mass is 32.1. The molecule has 4 aromatic rings. The van der Waals surface area contributed by atoms with Gasteiger partial charge in [-0.25, -0.2) is 19.2 Å². The van der Waals surface area contributed by atoms with Crippen LogP contribution < -0.4 is 16.2 Å². The van der Waals surface area contributed by atoms with E-state index >= 15 is 0 Å². The first kappa shape index (κ1) is 20.1. The number of nitrogens with zero attached hydrogens (tertiary/aromatic N) is 5. The number of benzene rings is 1. The molecule has 1 aliphatic heterocycles. The number of carbonyl (C=O) groups is 1. The summed E-state index contributed by atoms with van der Waals surface area (Å²) in [5, 5.41) is 4.66. The molecule has 0 saturated heterocycles. The summed E-state index contributed by atoms with van der Waals surface area (Å²) < 4.78 is 23.0. The predicted octanol–water partition coefficient (Wildman–Crippen LogP) is 2.76. The Morgan fingerprint density at radius 1 is 1.31 bits per heavy atom. The third-order valence-electron chi connectivity index (χ3n) is 5.21. The van der Waals surface area contributed by atoms with Gasteiger partial charge in [-0.05, 0) is 18.9 Å². The maximum absolute atomic E-state index is 14.8. The first-order valence-corrected chi connectivity index (χ1v) is 10.6. The highest BCUT2D eigenvalue weighted by Crippen LogP contribution is 2.32. The van der Waals surface area contributed by atoms with E-state index in [1.165, 1.54) is 6.20 Å². The number of pyridine rings is 1. The van der Waals surface area contributed by atoms with Gasteiger partial charge < -0.3 is 10.5 Å². The molecule has 1 aliphatic rings. The molecule has 162 valence electrons. The molecular weight excluding hydrogens is 435 g/mol. The van der Waals surface area contributed by atoms with E-state index in [2.05, 4.69) is 15.1 Å². The molecule has 0 saturated carbocycles. The number of aryl methyl sites for hydroxylation is 2. The van der Waals surface area contributed by atoms with Crippen molar-refractivity contribution in [3.8, 4) is 16.6 Å². The highest BCUT2D eigenvalue weighted by molar-refractivity contribution is 7.15. The van der Waals surface area contributed by atoms with Crippen molar-refractivity contribution in [1.29, 1.82) is 0 Å². The lowest BCUT2D eigenvalue weighted by Crippen LogP contribution is -2.26. The lowest BCUT2D eigenvalue weighted by molar-refractivity contribution is 0.1000. The van der Waals surface area contributed by atoms with Crippen molar-refractivity contribution >= 4 is 17.2 Å². The first-order chi connectivity index (χ1) is 15.4. The lowest BCUT2D eigenvalue weighted by Gasteiger charge is -2.12. The van der Waals surface area contributed by atoms with Gasteiger partial charge in [0.05, 0.1) is 23.6 Å². The fourth-order valence-electron chi connectivity index (χ4n) is 3.73. The van der Waals surface area contributed by atoms with E-state index in [4.69, 9.17) is 10.5 Å². The molecule has 4 heterocycles. The Balaban J connectivity index is 1.46. The van der Waals surface area contributed by atoms with Gasteiger partial charge in [0.25, 0.3) is 11.8 Å². The van der Waals surface area contributed by atoms with Crippen LogP contribution in [-0.2, 0) is 6.42 Å². The largest absolute Gasteiger partial charge is 0.423 e. The number of carbonyl (C=O) groups excluding carboxylic acids is 1. The van der Waals surface area contributed by atoms with Crippen molar-refractivity contribution in [2.45, 2.75) is 25.8 Å². The quantitative estimate of drug-likeness (QED) is 0.498. The van der Waals surface area contributed by atoms with Crippen LogP contribution in [0.1, 0.15) is 39.3 Å². The molecule has 1 amide bonds. The van der Waals surface area contributed by atoms with E-state index < -0.39 is 11.7 Å². The third-order valence-corrected chi connectivity index (χ3v) is 6.26. The van der Waals surface area contributed by atoms with Gasteiger partial charge in [-0.1, -0.05) is 41.7 Å². The molecule has 32 heavy (non-hydrogen) atoms. The van der Waals surface area contributed by atoms with Crippen LogP contribution in [0.2, 0.25) is 0 Å². The minimum Gasteiger partial charge on any atom is -0.423 e. The summed E-state index contributed by atoms with van der Waals surface area (Å²) in [7, 11) is 0. The second-order valence-corrected chi connectivity index (χ2v) is 8.25. The number of primary amides is 1. The van der Waals surface area contributed by atoms with Crippen LogP contribution in [0.15, 0.2) is 47.4 Å². The average Bonchev–Trinajstić information content (AvgIpc) is 3.45. The number of aromatic nitrogens is 5. The number of nitrogens with two attached hydrogens (primary N) is 1. The molecule has 5 rings (SSSR count). The van der Waals surface area contributed by atoms with E-state index in [1.54, 1.807) is 11.5 Å². The number of amides is 1. The van der Waals surface area contributed by atoms with Crippen LogP contribution in [0.5, 0.6) is 10.9 Å². The van der Waals surface area contributed by atoms with Gasteiger partial charge in [0.15, 0.2) is 10.8 Å². The van der Waals surface area contributed by atoms with Gasteiger partial charge >= 0.3 is 5.69 Å². The Morgan fingerprint density at radius 2 is 2.09 bits per heavy atom. The van der Waals surface area contributed by atoms with Crippen molar-refractivity contribution in [3.63, 3.8) is 0 Å². The summed E-state index contributed by atoms with van der Waals surface area (Å²) in [5.41, 5.74) is 6.46. The van der Waals surface area contributed by atoms with E-state index in [0.717, 1.165) is 34.1 Å². The fraction of sp³-hybridized carbons (Fsp3) is 0.190. The maximum Gasteiger partial charge on any atom is 0.351 e. The molecular formula is C21H17FN6O3S.